The summed E-state index contributed by atoms with van der Waals surface area (Å²) in [5, 5.41) is 0. The molecule has 16 rings (SSSR count). The number of anilines is 3. The quantitative estimate of drug-likeness (QED) is 0.175. The molecule has 0 saturated heterocycles. The Morgan fingerprint density at radius 3 is 1.22 bits per heavy atom. The van der Waals surface area contributed by atoms with E-state index in [2.05, 4.69) is 267 Å². The van der Waals surface area contributed by atoms with Gasteiger partial charge in [0.2, 0.25) is 0 Å². The van der Waals surface area contributed by atoms with E-state index in [1.54, 1.807) is 0 Å². The normalized spacial score (nSPS) is 15.2. The van der Waals surface area contributed by atoms with E-state index in [9.17, 15) is 0 Å². The third-order valence-electron chi connectivity index (χ3n) is 17.2. The van der Waals surface area contributed by atoms with Crippen molar-refractivity contribution in [3.05, 3.63) is 304 Å². The van der Waals surface area contributed by atoms with E-state index in [1.807, 2.05) is 0 Å². The van der Waals surface area contributed by atoms with Crippen molar-refractivity contribution in [1.82, 2.24) is 0 Å². The number of ether oxygens (including phenoxy) is 2. The van der Waals surface area contributed by atoms with Crippen molar-refractivity contribution in [2.24, 2.45) is 0 Å². The average Bonchev–Trinajstić information content (AvgIpc) is 4.15. The zero-order valence-electron chi connectivity index (χ0n) is 40.9. The number of benzene rings is 11. The van der Waals surface area contributed by atoms with Gasteiger partial charge < -0.3 is 14.4 Å². The van der Waals surface area contributed by atoms with Crippen LogP contribution in [-0.2, 0) is 16.2 Å². The van der Waals surface area contributed by atoms with E-state index in [0.717, 1.165) is 67.9 Å². The molecule has 2 aliphatic heterocycles. The Labute approximate surface area is 431 Å². The van der Waals surface area contributed by atoms with Crippen LogP contribution >= 0.6 is 0 Å². The summed E-state index contributed by atoms with van der Waals surface area (Å²) in [6.07, 6.45) is 0. The van der Waals surface area contributed by atoms with Crippen LogP contribution in [0.5, 0.6) is 23.0 Å². The molecule has 3 heteroatoms. The topological polar surface area (TPSA) is 21.7 Å². The van der Waals surface area contributed by atoms with Crippen LogP contribution in [0.25, 0.3) is 44.5 Å². The molecule has 5 aliphatic rings. The van der Waals surface area contributed by atoms with Gasteiger partial charge in [0.05, 0.1) is 22.2 Å². The van der Waals surface area contributed by atoms with Crippen LogP contribution in [0.15, 0.2) is 249 Å². The molecule has 2 heterocycles. The Hall–Kier alpha value is -9.18. The van der Waals surface area contributed by atoms with Crippen LogP contribution in [0.4, 0.5) is 17.1 Å². The van der Waals surface area contributed by atoms with Gasteiger partial charge in [0.1, 0.15) is 23.0 Å². The molecule has 0 aromatic heterocycles. The van der Waals surface area contributed by atoms with Gasteiger partial charge in [-0.2, -0.15) is 0 Å². The maximum Gasteiger partial charge on any atom is 0.132 e. The molecular formula is C71H47NO2. The molecule has 0 amide bonds. The lowest BCUT2D eigenvalue weighted by molar-refractivity contribution is 0.436. The molecule has 2 spiro atoms. The second-order valence-corrected chi connectivity index (χ2v) is 21.0. The van der Waals surface area contributed by atoms with Gasteiger partial charge >= 0.3 is 0 Å². The third-order valence-corrected chi connectivity index (χ3v) is 17.2. The molecular weight excluding hydrogens is 899 g/mol. The first-order chi connectivity index (χ1) is 36.5. The maximum atomic E-state index is 6.79. The van der Waals surface area contributed by atoms with Crippen molar-refractivity contribution in [2.75, 3.05) is 4.90 Å². The van der Waals surface area contributed by atoms with E-state index in [0.29, 0.717) is 0 Å². The average molecular weight is 946 g/mol. The van der Waals surface area contributed by atoms with Crippen molar-refractivity contribution < 1.29 is 9.47 Å². The highest BCUT2D eigenvalue weighted by molar-refractivity contribution is 6.04. The van der Waals surface area contributed by atoms with Gasteiger partial charge in [-0.15, -0.1) is 0 Å². The predicted octanol–water partition coefficient (Wildman–Crippen LogP) is 18.1. The molecule has 0 fully saturated rings. The largest absolute Gasteiger partial charge is 0.457 e. The van der Waals surface area contributed by atoms with Crippen LogP contribution in [0.3, 0.4) is 0 Å². The van der Waals surface area contributed by atoms with Crippen LogP contribution in [0, 0.1) is 0 Å². The summed E-state index contributed by atoms with van der Waals surface area (Å²) < 4.78 is 13.5. The zero-order chi connectivity index (χ0) is 48.9. The minimum atomic E-state index is -0.630. The van der Waals surface area contributed by atoms with E-state index < -0.39 is 10.8 Å². The predicted molar refractivity (Wildman–Crippen MR) is 299 cm³/mol. The fraction of sp³-hybridized carbons (Fsp3) is 0.0704. The molecule has 0 radical (unpaired) electrons. The Kier molecular flexibility index (Phi) is 8.37. The van der Waals surface area contributed by atoms with Gasteiger partial charge in [-0.1, -0.05) is 214 Å². The summed E-state index contributed by atoms with van der Waals surface area (Å²) in [7, 11) is 0. The fourth-order valence-electron chi connectivity index (χ4n) is 14.3. The molecule has 3 aliphatic carbocycles. The first kappa shape index (κ1) is 41.4. The molecule has 11 aromatic carbocycles. The molecule has 74 heavy (non-hydrogen) atoms. The zero-order valence-corrected chi connectivity index (χ0v) is 40.9. The van der Waals surface area contributed by atoms with Crippen molar-refractivity contribution in [3.63, 3.8) is 0 Å². The van der Waals surface area contributed by atoms with Crippen molar-refractivity contribution in [3.8, 4) is 67.5 Å². The van der Waals surface area contributed by atoms with Crippen LogP contribution in [0.2, 0.25) is 0 Å². The summed E-state index contributed by atoms with van der Waals surface area (Å²) in [6.45, 7) is 4.76. The highest BCUT2D eigenvalue weighted by Gasteiger charge is 2.54. The Bertz CT molecular complexity index is 4120. The van der Waals surface area contributed by atoms with E-state index in [1.165, 1.54) is 72.3 Å². The van der Waals surface area contributed by atoms with Gasteiger partial charge in [-0.05, 0) is 115 Å². The first-order valence-corrected chi connectivity index (χ1v) is 25.8. The first-order valence-electron chi connectivity index (χ1n) is 25.8. The molecule has 11 aromatic rings. The Morgan fingerprint density at radius 2 is 0.649 bits per heavy atom. The molecule has 0 bridgehead atoms. The van der Waals surface area contributed by atoms with Gasteiger partial charge in [-0.3, -0.25) is 0 Å². The summed E-state index contributed by atoms with van der Waals surface area (Å²) in [6, 6.07) is 92.0. The highest BCUT2D eigenvalue weighted by Crippen LogP contribution is 2.67. The second kappa shape index (κ2) is 14.9. The molecule has 0 saturated carbocycles. The van der Waals surface area contributed by atoms with Crippen LogP contribution in [0.1, 0.15) is 69.5 Å². The molecule has 0 atom stereocenters. The lowest BCUT2D eigenvalue weighted by Gasteiger charge is -2.39. The number of nitrogens with zero attached hydrogens (tertiary/aromatic N) is 1. The number of para-hydroxylation sites is 5. The summed E-state index contributed by atoms with van der Waals surface area (Å²) in [5.74, 6) is 3.54. The molecule has 0 unspecified atom stereocenters. The number of rotatable bonds is 4. The van der Waals surface area contributed by atoms with Crippen molar-refractivity contribution in [1.29, 1.82) is 0 Å². The summed E-state index contributed by atoms with van der Waals surface area (Å²) in [4.78, 5) is 2.58. The number of hydrogen-bond donors (Lipinski definition) is 0. The van der Waals surface area contributed by atoms with Gasteiger partial charge in [0.25, 0.3) is 0 Å². The molecule has 3 nitrogen and oxygen atoms in total. The Balaban J connectivity index is 0.996. The third kappa shape index (κ3) is 5.15. The minimum Gasteiger partial charge on any atom is -0.457 e. The fourth-order valence-corrected chi connectivity index (χ4v) is 14.3. The van der Waals surface area contributed by atoms with Gasteiger partial charge in [0.15, 0.2) is 0 Å². The maximum absolute atomic E-state index is 6.79. The van der Waals surface area contributed by atoms with Gasteiger partial charge in [-0.25, -0.2) is 0 Å². The van der Waals surface area contributed by atoms with Crippen molar-refractivity contribution >= 4 is 17.1 Å². The van der Waals surface area contributed by atoms with E-state index >= 15 is 0 Å². The van der Waals surface area contributed by atoms with Gasteiger partial charge in [0, 0.05) is 44.5 Å². The summed E-state index contributed by atoms with van der Waals surface area (Å²) in [5.41, 5.74) is 24.0. The lowest BCUT2D eigenvalue weighted by Crippen LogP contribution is -2.32. The smallest absolute Gasteiger partial charge is 0.132 e. The van der Waals surface area contributed by atoms with Crippen molar-refractivity contribution in [2.45, 2.75) is 30.1 Å². The summed E-state index contributed by atoms with van der Waals surface area (Å²) >= 11 is 0. The van der Waals surface area contributed by atoms with Crippen LogP contribution in [-0.4, -0.2) is 0 Å². The van der Waals surface area contributed by atoms with E-state index in [4.69, 9.17) is 9.47 Å². The SMILES string of the molecule is CC1(C)c2ccccc2-c2ccc(N(c3ccccc3-c3cccc4c3-c3ccccc3C43c4ccccc4Oc4ccccc43)c3cccc4c3-c3ccccc3C43c4ccccc4Oc4ccccc43)cc21. The minimum absolute atomic E-state index is 0.216. The molecule has 348 valence electrons. The number of hydrogen-bond acceptors (Lipinski definition) is 3. The lowest BCUT2D eigenvalue weighted by atomic mass is 9.66. The second-order valence-electron chi connectivity index (χ2n) is 21.0. The monoisotopic (exact) mass is 945 g/mol. The molecule has 0 N–H and O–H groups in total. The Morgan fingerprint density at radius 1 is 0.270 bits per heavy atom. The standard InChI is InChI=1S/C71H47NO2/c1-69(2)51-26-7-3-21-45(51)46-42-41-44(43-60(46)69)72(62-36-20-34-59-68(62)50-24-5-9-28-53(50)71(59)56-31-12-17-39-65(56)74-66-40-18-13-32-57(66)71)61-35-14-6-22-47(61)48-25-19-33-58-67(48)49-23-4-8-27-52(49)70(58)54-29-10-15-37-63(54)73-64-38-16-11-30-55(64)70/h3-43H,1-2H3. The number of fused-ring (bicyclic) bond motifs is 21. The van der Waals surface area contributed by atoms with E-state index in [-0.39, 0.29) is 5.41 Å². The van der Waals surface area contributed by atoms with Crippen LogP contribution < -0.4 is 14.4 Å². The highest BCUT2D eigenvalue weighted by atomic mass is 16.5.